The minimum atomic E-state index is 0.322. The average Bonchev–Trinajstić information content (AvgIpc) is 1.91. The molecule has 0 unspecified atom stereocenters. The van der Waals surface area contributed by atoms with Gasteiger partial charge in [0, 0.05) is 0 Å². The van der Waals surface area contributed by atoms with Crippen LogP contribution in [0.1, 0.15) is 0 Å². The Kier molecular flexibility index (Phi) is 6.15. The fourth-order valence-corrected chi connectivity index (χ4v) is 0.428. The summed E-state index contributed by atoms with van der Waals surface area (Å²) < 4.78 is 3.86. The number of benzene rings is 1. The lowest BCUT2D eigenvalue weighted by molar-refractivity contribution is 0.475. The molecule has 0 aliphatic carbocycles. The lowest BCUT2D eigenvalue weighted by atomic mass is 10.3. The van der Waals surface area contributed by atoms with Crippen molar-refractivity contribution in [2.45, 2.75) is 0 Å². The van der Waals surface area contributed by atoms with Crippen LogP contribution < -0.4 is 0 Å². The number of hydrogen-bond acceptors (Lipinski definition) is 2. The molecule has 4 heteroatoms. The molecule has 0 fully saturated rings. The number of phenolic OH excluding ortho intramolecular Hbond substituents is 1. The van der Waals surface area contributed by atoms with Crippen molar-refractivity contribution in [1.29, 1.82) is 0 Å². The van der Waals surface area contributed by atoms with Crippen molar-refractivity contribution in [3.63, 3.8) is 0 Å². The van der Waals surface area contributed by atoms with Crippen LogP contribution in [0.25, 0.3) is 0 Å². The van der Waals surface area contributed by atoms with Gasteiger partial charge in [0.1, 0.15) is 5.75 Å². The van der Waals surface area contributed by atoms with E-state index >= 15 is 0 Å². The largest absolute Gasteiger partial charge is 0.508 e. The van der Waals surface area contributed by atoms with Crippen molar-refractivity contribution < 1.29 is 9.22 Å². The highest BCUT2D eigenvalue weighted by Crippen LogP contribution is 2.02. The molecule has 0 atom stereocenters. The Bertz CT molecular complexity index is 155. The second-order valence-corrected chi connectivity index (χ2v) is 2.25. The molecule has 0 spiro atoms. The molecule has 2 nitrogen and oxygen atoms in total. The molecule has 0 aromatic heterocycles. The van der Waals surface area contributed by atoms with Crippen LogP contribution in [0.3, 0.4) is 0 Å². The average molecular weight is 166 g/mol. The van der Waals surface area contributed by atoms with E-state index in [1.54, 1.807) is 24.3 Å². The molecule has 0 bridgehead atoms. The summed E-state index contributed by atoms with van der Waals surface area (Å²) in [5.74, 6) is 0.322. The molecule has 1 aromatic carbocycles. The summed E-state index contributed by atoms with van der Waals surface area (Å²) in [6.07, 6.45) is 0. The third-order valence-corrected chi connectivity index (χ3v) is 0.756. The van der Waals surface area contributed by atoms with Gasteiger partial charge in [-0.2, -0.15) is 0 Å². The van der Waals surface area contributed by atoms with Gasteiger partial charge in [-0.05, 0) is 12.1 Å². The van der Waals surface area contributed by atoms with Crippen molar-refractivity contribution in [3.8, 4) is 5.75 Å². The van der Waals surface area contributed by atoms with E-state index < -0.39 is 0 Å². The van der Waals surface area contributed by atoms with E-state index in [0.717, 1.165) is 0 Å². The zero-order valence-electron chi connectivity index (χ0n) is 5.24. The Morgan fingerprint density at radius 1 is 1.10 bits per heavy atom. The van der Waals surface area contributed by atoms with Gasteiger partial charge in [0.05, 0.1) is 0 Å². The fraction of sp³-hybridized carbons (Fsp3) is 0. The highest BCUT2D eigenvalue weighted by Gasteiger charge is 1.74. The fourth-order valence-electron chi connectivity index (χ4n) is 0.428. The first kappa shape index (κ1) is 9.41. The Morgan fingerprint density at radius 3 is 1.70 bits per heavy atom. The van der Waals surface area contributed by atoms with E-state index in [2.05, 4.69) is 25.1 Å². The summed E-state index contributed by atoms with van der Waals surface area (Å²) in [6, 6.07) is 8.71. The maximum absolute atomic E-state index is 8.63. The van der Waals surface area contributed by atoms with Gasteiger partial charge in [-0.1, -0.05) is 18.2 Å². The van der Waals surface area contributed by atoms with Gasteiger partial charge in [-0.25, -0.2) is 0 Å². The van der Waals surface area contributed by atoms with Crippen LogP contribution in [0.2, 0.25) is 0 Å². The zero-order chi connectivity index (χ0) is 7.82. The third-order valence-electron chi connectivity index (χ3n) is 0.756. The Balaban J connectivity index is 0.000000236. The van der Waals surface area contributed by atoms with Crippen molar-refractivity contribution in [2.75, 3.05) is 0 Å². The molecule has 1 aromatic rings. The van der Waals surface area contributed by atoms with E-state index in [1.165, 1.54) is 0 Å². The summed E-state index contributed by atoms with van der Waals surface area (Å²) in [5, 5.41) is 8.63. The molecule has 0 amide bonds. The first-order chi connectivity index (χ1) is 4.81. The van der Waals surface area contributed by atoms with Gasteiger partial charge in [0.15, 0.2) is 0 Å². The normalized spacial score (nSPS) is 7.80. The second kappa shape index (κ2) is 6.53. The first-order valence-electron chi connectivity index (χ1n) is 2.54. The molecule has 0 aliphatic heterocycles. The number of phenols is 1. The van der Waals surface area contributed by atoms with Crippen LogP contribution in [-0.4, -0.2) is 26.1 Å². The van der Waals surface area contributed by atoms with E-state index in [-0.39, 0.29) is 0 Å². The lowest BCUT2D eigenvalue weighted by Crippen LogP contribution is -1.65. The Labute approximate surface area is 66.9 Å². The van der Waals surface area contributed by atoms with Gasteiger partial charge in [0.2, 0.25) is 21.0 Å². The lowest BCUT2D eigenvalue weighted by Gasteiger charge is -1.82. The topological polar surface area (TPSA) is 29.5 Å². The molecule has 6 radical (unpaired) electrons. The van der Waals surface area contributed by atoms with Gasteiger partial charge in [-0.3, -0.25) is 0 Å². The predicted molar refractivity (Wildman–Crippen MR) is 40.7 cm³/mol. The van der Waals surface area contributed by atoms with Crippen LogP contribution in [0.5, 0.6) is 5.75 Å². The second-order valence-electron chi connectivity index (χ2n) is 1.44. The van der Waals surface area contributed by atoms with E-state index in [0.29, 0.717) is 5.75 Å². The molecule has 50 valence electrons. The molecule has 10 heavy (non-hydrogen) atoms. The van der Waals surface area contributed by atoms with Gasteiger partial charge < -0.3 is 9.22 Å². The van der Waals surface area contributed by atoms with Crippen LogP contribution in [0.15, 0.2) is 30.3 Å². The van der Waals surface area contributed by atoms with Gasteiger partial charge in [0.25, 0.3) is 0 Å². The molecule has 0 saturated carbocycles. The van der Waals surface area contributed by atoms with Crippen molar-refractivity contribution in [2.24, 2.45) is 0 Å². The van der Waals surface area contributed by atoms with Crippen LogP contribution >= 0.6 is 0 Å². The van der Waals surface area contributed by atoms with Crippen molar-refractivity contribution in [1.82, 2.24) is 0 Å². The monoisotopic (exact) mass is 166 g/mol. The van der Waals surface area contributed by atoms with Crippen molar-refractivity contribution in [3.05, 3.63) is 30.3 Å². The van der Waals surface area contributed by atoms with Gasteiger partial charge >= 0.3 is 0 Å². The number of para-hydroxylation sites is 1. The summed E-state index contributed by atoms with van der Waals surface area (Å²) in [4.78, 5) is 0. The third kappa shape index (κ3) is 5.55. The van der Waals surface area contributed by atoms with Crippen LogP contribution in [0, 0.1) is 0 Å². The summed E-state index contributed by atoms with van der Waals surface area (Å²) in [7, 11) is 5.19. The molecular weight excluding hydrogens is 160 g/mol. The van der Waals surface area contributed by atoms with E-state index in [9.17, 15) is 0 Å². The molecule has 1 rings (SSSR count). The Hall–Kier alpha value is -0.586. The maximum Gasteiger partial charge on any atom is 0.229 e. The smallest absolute Gasteiger partial charge is 0.229 e. The molecule has 0 heterocycles. The quantitative estimate of drug-likeness (QED) is 0.571. The minimum Gasteiger partial charge on any atom is -0.508 e. The standard InChI is InChI=1S/C6H6O.OSi2/c7-6-4-2-1-3-5-6;2-1-3/h1-5,7H;. The van der Waals surface area contributed by atoms with Crippen LogP contribution in [-0.2, 0) is 4.12 Å². The van der Waals surface area contributed by atoms with Gasteiger partial charge in [-0.15, -0.1) is 0 Å². The zero-order valence-corrected chi connectivity index (χ0v) is 7.24. The molecule has 0 saturated heterocycles. The van der Waals surface area contributed by atoms with Crippen LogP contribution in [0.4, 0.5) is 0 Å². The van der Waals surface area contributed by atoms with Crippen molar-refractivity contribution >= 4 is 21.0 Å². The minimum absolute atomic E-state index is 0.322. The Morgan fingerprint density at radius 2 is 1.50 bits per heavy atom. The predicted octanol–water partition coefficient (Wildman–Crippen LogP) is 0.562. The van der Waals surface area contributed by atoms with E-state index in [1.807, 2.05) is 6.07 Å². The SMILES string of the molecule is Oc1ccccc1.[Si]O[Si]. The summed E-state index contributed by atoms with van der Waals surface area (Å²) in [5.41, 5.74) is 0. The molecule has 1 N–H and O–H groups in total. The van der Waals surface area contributed by atoms with E-state index in [4.69, 9.17) is 5.11 Å². The number of hydrogen-bond donors (Lipinski definition) is 1. The summed E-state index contributed by atoms with van der Waals surface area (Å²) >= 11 is 0. The number of rotatable bonds is 0. The highest BCUT2D eigenvalue weighted by atomic mass is 28.3. The first-order valence-corrected chi connectivity index (χ1v) is 3.36. The number of aromatic hydroxyl groups is 1. The summed E-state index contributed by atoms with van der Waals surface area (Å²) in [6.45, 7) is 0. The molecule has 0 aliphatic rings. The molecular formula is C6H6O2Si2. The highest BCUT2D eigenvalue weighted by molar-refractivity contribution is 6.15. The maximum atomic E-state index is 8.63.